The summed E-state index contributed by atoms with van der Waals surface area (Å²) in [6, 6.07) is 6.30. The molecule has 0 amide bonds. The molecule has 1 aliphatic heterocycles. The summed E-state index contributed by atoms with van der Waals surface area (Å²) >= 11 is 0. The van der Waals surface area contributed by atoms with Crippen LogP contribution >= 0.6 is 0 Å². The zero-order chi connectivity index (χ0) is 25.1. The molecular weight excluding hydrogens is 483 g/mol. The van der Waals surface area contributed by atoms with E-state index < -0.39 is 47.4 Å². The molecule has 3 heterocycles. The van der Waals surface area contributed by atoms with Crippen molar-refractivity contribution in [1.29, 1.82) is 0 Å². The summed E-state index contributed by atoms with van der Waals surface area (Å²) in [5, 5.41) is 16.4. The number of aromatic nitrogens is 3. The van der Waals surface area contributed by atoms with E-state index in [0.717, 1.165) is 6.42 Å². The number of alkyl halides is 6. The number of aliphatic hydroxyl groups is 1. The second-order valence-corrected chi connectivity index (χ2v) is 8.92. The molecule has 13 heteroatoms. The normalized spacial score (nSPS) is 23.8. The van der Waals surface area contributed by atoms with Crippen LogP contribution in [0.3, 0.4) is 0 Å². The molecule has 1 aliphatic carbocycles. The van der Waals surface area contributed by atoms with Gasteiger partial charge in [-0.05, 0) is 36.5 Å². The van der Waals surface area contributed by atoms with Gasteiger partial charge < -0.3 is 10.4 Å². The molecule has 6 nitrogen and oxygen atoms in total. The third-order valence-corrected chi connectivity index (χ3v) is 6.69. The molecule has 2 bridgehead atoms. The first-order valence-electron chi connectivity index (χ1n) is 10.9. The largest absolute Gasteiger partial charge is 0.435 e. The van der Waals surface area contributed by atoms with Crippen molar-refractivity contribution < 1.29 is 35.8 Å². The Labute approximate surface area is 194 Å². The van der Waals surface area contributed by atoms with E-state index in [4.69, 9.17) is 0 Å². The van der Waals surface area contributed by atoms with Crippen molar-refractivity contribution in [2.45, 2.75) is 43.4 Å². The van der Waals surface area contributed by atoms with E-state index in [2.05, 4.69) is 20.3 Å². The highest BCUT2D eigenvalue weighted by molar-refractivity contribution is 5.51. The van der Waals surface area contributed by atoms with Gasteiger partial charge >= 0.3 is 12.4 Å². The predicted molar refractivity (Wildman–Crippen MR) is 110 cm³/mol. The maximum atomic E-state index is 13.5. The van der Waals surface area contributed by atoms with Gasteiger partial charge in [0.25, 0.3) is 0 Å². The van der Waals surface area contributed by atoms with Crippen LogP contribution in [-0.4, -0.2) is 49.8 Å². The lowest BCUT2D eigenvalue weighted by Crippen LogP contribution is -2.42. The number of anilines is 1. The van der Waals surface area contributed by atoms with Gasteiger partial charge in [-0.15, -0.1) is 0 Å². The van der Waals surface area contributed by atoms with E-state index in [0.29, 0.717) is 35.2 Å². The molecule has 1 aromatic carbocycles. The van der Waals surface area contributed by atoms with E-state index in [9.17, 15) is 35.8 Å². The highest BCUT2D eigenvalue weighted by Gasteiger charge is 2.46. The summed E-state index contributed by atoms with van der Waals surface area (Å²) in [5.74, 6) is -0.720. The number of aliphatic hydroxyl groups excluding tert-OH is 1. The van der Waals surface area contributed by atoms with E-state index >= 15 is 0 Å². The Kier molecular flexibility index (Phi) is 5.66. The van der Waals surface area contributed by atoms with Crippen LogP contribution in [0.2, 0.25) is 0 Å². The Hall–Kier alpha value is -2.93. The summed E-state index contributed by atoms with van der Waals surface area (Å²) in [6.45, 7) is 0.539. The first kappa shape index (κ1) is 23.8. The number of likely N-dealkylation sites (tertiary alicyclic amines) is 1. The van der Waals surface area contributed by atoms with E-state index in [1.807, 2.05) is 0 Å². The minimum absolute atomic E-state index is 0.00255. The Morgan fingerprint density at radius 2 is 1.69 bits per heavy atom. The summed E-state index contributed by atoms with van der Waals surface area (Å²) in [5.41, 5.74) is -2.65. The van der Waals surface area contributed by atoms with Gasteiger partial charge in [0.1, 0.15) is 11.6 Å². The Morgan fingerprint density at radius 3 is 2.26 bits per heavy atom. The van der Waals surface area contributed by atoms with Crippen LogP contribution in [0.4, 0.5) is 36.6 Å². The van der Waals surface area contributed by atoms with Crippen LogP contribution in [0.5, 0.6) is 0 Å². The van der Waals surface area contributed by atoms with Gasteiger partial charge in [0.15, 0.2) is 17.0 Å². The third kappa shape index (κ3) is 4.54. The Morgan fingerprint density at radius 1 is 1.00 bits per heavy atom. The fourth-order valence-electron chi connectivity index (χ4n) is 5.04. The van der Waals surface area contributed by atoms with Gasteiger partial charge in [-0.1, -0.05) is 12.1 Å². The van der Waals surface area contributed by atoms with Crippen molar-refractivity contribution in [2.75, 3.05) is 18.4 Å². The van der Waals surface area contributed by atoms with Crippen molar-refractivity contribution in [3.8, 4) is 0 Å². The van der Waals surface area contributed by atoms with Crippen molar-refractivity contribution in [1.82, 2.24) is 19.5 Å². The summed E-state index contributed by atoms with van der Waals surface area (Å²) in [7, 11) is 0. The predicted octanol–water partition coefficient (Wildman–Crippen LogP) is 4.51. The highest BCUT2D eigenvalue weighted by atomic mass is 19.4. The number of hydrogen-bond donors (Lipinski definition) is 2. The third-order valence-electron chi connectivity index (χ3n) is 6.69. The van der Waals surface area contributed by atoms with Crippen LogP contribution in [0.25, 0.3) is 5.65 Å². The molecule has 35 heavy (non-hydrogen) atoms. The number of benzene rings is 1. The van der Waals surface area contributed by atoms with Gasteiger partial charge in [0, 0.05) is 31.3 Å². The molecule has 2 aromatic heterocycles. The minimum Gasteiger partial charge on any atom is -0.393 e. The summed E-state index contributed by atoms with van der Waals surface area (Å²) in [6.07, 6.45) is -8.90. The van der Waals surface area contributed by atoms with Gasteiger partial charge in [0.05, 0.1) is 12.1 Å². The topological polar surface area (TPSA) is 65.7 Å². The monoisotopic (exact) mass is 503 g/mol. The molecule has 0 spiro atoms. The number of halogens is 7. The van der Waals surface area contributed by atoms with Gasteiger partial charge in [-0.25, -0.2) is 9.37 Å². The second kappa shape index (κ2) is 8.33. The minimum atomic E-state index is -4.89. The summed E-state index contributed by atoms with van der Waals surface area (Å²) in [4.78, 5) is 5.40. The molecule has 2 aliphatic rings. The molecule has 2 fully saturated rings. The molecule has 1 unspecified atom stereocenters. The molecular formula is C22H20F7N5O. The van der Waals surface area contributed by atoms with E-state index in [1.165, 1.54) is 12.1 Å². The maximum Gasteiger partial charge on any atom is 0.435 e. The van der Waals surface area contributed by atoms with Crippen LogP contribution < -0.4 is 5.32 Å². The average molecular weight is 503 g/mol. The molecule has 188 valence electrons. The van der Waals surface area contributed by atoms with E-state index in [1.54, 1.807) is 12.1 Å². The van der Waals surface area contributed by atoms with Crippen LogP contribution in [0.1, 0.15) is 35.8 Å². The molecule has 0 radical (unpaired) electrons. The molecule has 5 rings (SSSR count). The van der Waals surface area contributed by atoms with Gasteiger partial charge in [-0.3, -0.25) is 4.90 Å². The number of nitrogens with one attached hydrogen (secondary N) is 1. The van der Waals surface area contributed by atoms with Gasteiger partial charge in [-0.2, -0.15) is 36.0 Å². The first-order chi connectivity index (χ1) is 16.4. The van der Waals surface area contributed by atoms with Crippen LogP contribution in [0.15, 0.2) is 36.4 Å². The number of hydrogen-bond acceptors (Lipinski definition) is 5. The van der Waals surface area contributed by atoms with Crippen LogP contribution in [0, 0.1) is 11.7 Å². The van der Waals surface area contributed by atoms with Crippen molar-refractivity contribution in [2.24, 2.45) is 5.92 Å². The molecule has 1 saturated carbocycles. The molecule has 2 N–H and O–H groups in total. The number of rotatable bonds is 5. The quantitative estimate of drug-likeness (QED) is 0.502. The second-order valence-electron chi connectivity index (χ2n) is 8.92. The SMILES string of the molecule is OC1C[C@H]2C[C@H]1CN2[C@@H](CNc1cc(C(F)(F)F)nc2cc(C(F)(F)F)nn12)c1ccc(F)cc1. The lowest BCUT2D eigenvalue weighted by atomic mass is 10.00. The summed E-state index contributed by atoms with van der Waals surface area (Å²) < 4.78 is 94.0. The fraction of sp³-hybridized carbons (Fsp3) is 0.455. The first-order valence-corrected chi connectivity index (χ1v) is 10.9. The average Bonchev–Trinajstić information content (AvgIpc) is 3.47. The number of piperidine rings is 1. The molecule has 1 saturated heterocycles. The van der Waals surface area contributed by atoms with Crippen molar-refractivity contribution in [3.63, 3.8) is 0 Å². The van der Waals surface area contributed by atoms with Gasteiger partial charge in [0.2, 0.25) is 0 Å². The van der Waals surface area contributed by atoms with Crippen molar-refractivity contribution >= 4 is 11.5 Å². The zero-order valence-electron chi connectivity index (χ0n) is 18.0. The van der Waals surface area contributed by atoms with Crippen LogP contribution in [-0.2, 0) is 12.4 Å². The molecule has 4 atom stereocenters. The lowest BCUT2D eigenvalue weighted by molar-refractivity contribution is -0.142. The fourth-order valence-corrected chi connectivity index (χ4v) is 5.04. The Bertz CT molecular complexity index is 1220. The lowest BCUT2D eigenvalue weighted by Gasteiger charge is -2.37. The van der Waals surface area contributed by atoms with E-state index in [-0.39, 0.29) is 24.3 Å². The highest BCUT2D eigenvalue weighted by Crippen LogP contribution is 2.42. The smallest absolute Gasteiger partial charge is 0.393 e. The standard InChI is InChI=1S/C22H20F7N5O/c23-13-3-1-11(2-4-13)15(33-10-12-5-14(33)6-16(12)35)9-30-19-7-17(21(24,25)26)31-20-8-18(22(27,28)29)32-34(19)20/h1-4,7-8,12,14-16,30,35H,5-6,9-10H2/t12-,14+,15-,16?/m0/s1. The number of fused-ring (bicyclic) bond motifs is 3. The molecule has 3 aromatic rings. The van der Waals surface area contributed by atoms with Crippen molar-refractivity contribution in [3.05, 3.63) is 59.2 Å². The zero-order valence-corrected chi connectivity index (χ0v) is 18.0. The maximum absolute atomic E-state index is 13.5. The number of nitrogens with zero attached hydrogens (tertiary/aromatic N) is 4. The Balaban J connectivity index is 1.50.